The Bertz CT molecular complexity index is 335. The van der Waals surface area contributed by atoms with Crippen LogP contribution in [0.15, 0.2) is 18.2 Å². The molecule has 1 heterocycles. The summed E-state index contributed by atoms with van der Waals surface area (Å²) in [6.07, 6.45) is 1.15. The van der Waals surface area contributed by atoms with Crippen LogP contribution < -0.4 is 5.32 Å². The lowest BCUT2D eigenvalue weighted by molar-refractivity contribution is 0.504. The summed E-state index contributed by atoms with van der Waals surface area (Å²) in [4.78, 5) is 0. The van der Waals surface area contributed by atoms with E-state index in [4.69, 9.17) is 11.6 Å². The van der Waals surface area contributed by atoms with Crippen LogP contribution in [0, 0.1) is 0 Å². The van der Waals surface area contributed by atoms with Gasteiger partial charge in [-0.1, -0.05) is 37.6 Å². The second-order valence-electron chi connectivity index (χ2n) is 3.93. The van der Waals surface area contributed by atoms with Crippen LogP contribution in [0.5, 0.6) is 0 Å². The predicted octanol–water partition coefficient (Wildman–Crippen LogP) is 3.43. The molecule has 0 fully saturated rings. The maximum absolute atomic E-state index is 6.09. The van der Waals surface area contributed by atoms with Gasteiger partial charge < -0.3 is 5.32 Å². The molecule has 0 radical (unpaired) electrons. The summed E-state index contributed by atoms with van der Waals surface area (Å²) in [6, 6.07) is 6.14. The Hall–Kier alpha value is -0.690. The Kier molecular flexibility index (Phi) is 1.99. The molecule has 1 nitrogen and oxygen atoms in total. The van der Waals surface area contributed by atoms with E-state index in [1.807, 2.05) is 12.1 Å². The molecule has 0 aliphatic carbocycles. The first-order valence-electron chi connectivity index (χ1n) is 4.70. The van der Waals surface area contributed by atoms with Crippen molar-refractivity contribution in [3.8, 4) is 0 Å². The highest BCUT2D eigenvalue weighted by molar-refractivity contribution is 6.33. The molecule has 0 saturated heterocycles. The Balaban J connectivity index is 2.55. The quantitative estimate of drug-likeness (QED) is 0.724. The number of rotatable bonds is 1. The van der Waals surface area contributed by atoms with Crippen LogP contribution in [0.1, 0.15) is 25.8 Å². The highest BCUT2D eigenvalue weighted by atomic mass is 35.5. The van der Waals surface area contributed by atoms with E-state index in [0.717, 1.165) is 23.7 Å². The molecular weight excluding hydrogens is 182 g/mol. The van der Waals surface area contributed by atoms with Crippen LogP contribution in [0.3, 0.4) is 0 Å². The molecule has 1 aliphatic rings. The summed E-state index contributed by atoms with van der Waals surface area (Å²) < 4.78 is 0. The van der Waals surface area contributed by atoms with Crippen LogP contribution in [-0.4, -0.2) is 6.54 Å². The van der Waals surface area contributed by atoms with Gasteiger partial charge in [0.2, 0.25) is 0 Å². The molecule has 2 rings (SSSR count). The zero-order valence-electron chi connectivity index (χ0n) is 8.02. The molecule has 1 aliphatic heterocycles. The first kappa shape index (κ1) is 8.89. The first-order chi connectivity index (χ1) is 6.17. The number of para-hydroxylation sites is 1. The van der Waals surface area contributed by atoms with E-state index < -0.39 is 0 Å². The van der Waals surface area contributed by atoms with Crippen molar-refractivity contribution in [2.45, 2.75) is 25.7 Å². The van der Waals surface area contributed by atoms with Crippen molar-refractivity contribution in [2.24, 2.45) is 0 Å². The Morgan fingerprint density at radius 2 is 2.31 bits per heavy atom. The highest BCUT2D eigenvalue weighted by Crippen LogP contribution is 2.42. The molecule has 70 valence electrons. The molecule has 1 aromatic rings. The summed E-state index contributed by atoms with van der Waals surface area (Å²) in [5.41, 5.74) is 2.76. The number of halogens is 1. The maximum atomic E-state index is 6.09. The molecular formula is C11H14ClN. The van der Waals surface area contributed by atoms with Gasteiger partial charge in [-0.05, 0) is 18.1 Å². The normalized spacial score (nSPS) is 25.5. The standard InChI is InChI=1S/C11H14ClN/c1-3-11(2)7-13-10-8(11)5-4-6-9(10)12/h4-6,13H,3,7H2,1-2H3/t11-/m0/s1. The van der Waals surface area contributed by atoms with Gasteiger partial charge in [0.05, 0.1) is 10.7 Å². The van der Waals surface area contributed by atoms with E-state index in [-0.39, 0.29) is 5.41 Å². The van der Waals surface area contributed by atoms with Crippen molar-refractivity contribution in [2.75, 3.05) is 11.9 Å². The predicted molar refractivity (Wildman–Crippen MR) is 57.6 cm³/mol. The fraction of sp³-hybridized carbons (Fsp3) is 0.455. The third kappa shape index (κ3) is 1.22. The van der Waals surface area contributed by atoms with Crippen molar-refractivity contribution >= 4 is 17.3 Å². The lowest BCUT2D eigenvalue weighted by Gasteiger charge is -2.21. The SMILES string of the molecule is CC[C@@]1(C)CNc2c(Cl)cccc21. The zero-order chi connectivity index (χ0) is 9.47. The van der Waals surface area contributed by atoms with Crippen molar-refractivity contribution in [1.29, 1.82) is 0 Å². The van der Waals surface area contributed by atoms with Crippen LogP contribution in [0.4, 0.5) is 5.69 Å². The van der Waals surface area contributed by atoms with Gasteiger partial charge in [0, 0.05) is 12.0 Å². The average molecular weight is 196 g/mol. The van der Waals surface area contributed by atoms with Gasteiger partial charge in [-0.25, -0.2) is 0 Å². The molecule has 1 aromatic carbocycles. The van der Waals surface area contributed by atoms with Gasteiger partial charge in [0.25, 0.3) is 0 Å². The number of benzene rings is 1. The fourth-order valence-corrected chi connectivity index (χ4v) is 2.14. The number of anilines is 1. The van der Waals surface area contributed by atoms with Crippen LogP contribution >= 0.6 is 11.6 Å². The molecule has 0 bridgehead atoms. The topological polar surface area (TPSA) is 12.0 Å². The van der Waals surface area contributed by atoms with Gasteiger partial charge >= 0.3 is 0 Å². The van der Waals surface area contributed by atoms with E-state index in [1.54, 1.807) is 0 Å². The third-order valence-corrected chi connectivity index (χ3v) is 3.41. The van der Waals surface area contributed by atoms with Gasteiger partial charge in [0.1, 0.15) is 0 Å². The minimum absolute atomic E-state index is 0.264. The Labute approximate surface area is 84.1 Å². The average Bonchev–Trinajstić information content (AvgIpc) is 2.47. The van der Waals surface area contributed by atoms with E-state index in [1.165, 1.54) is 5.56 Å². The summed E-state index contributed by atoms with van der Waals surface area (Å²) >= 11 is 6.09. The van der Waals surface area contributed by atoms with Gasteiger partial charge in [0.15, 0.2) is 0 Å². The van der Waals surface area contributed by atoms with Crippen molar-refractivity contribution in [3.05, 3.63) is 28.8 Å². The largest absolute Gasteiger partial charge is 0.383 e. The Morgan fingerprint density at radius 1 is 1.54 bits per heavy atom. The van der Waals surface area contributed by atoms with Crippen LogP contribution in [0.2, 0.25) is 5.02 Å². The van der Waals surface area contributed by atoms with E-state index in [9.17, 15) is 0 Å². The smallest absolute Gasteiger partial charge is 0.0640 e. The highest BCUT2D eigenvalue weighted by Gasteiger charge is 2.33. The Morgan fingerprint density at radius 3 is 3.00 bits per heavy atom. The molecule has 0 aromatic heterocycles. The van der Waals surface area contributed by atoms with Gasteiger partial charge in [-0.3, -0.25) is 0 Å². The molecule has 2 heteroatoms. The second-order valence-corrected chi connectivity index (χ2v) is 4.34. The van der Waals surface area contributed by atoms with Crippen LogP contribution in [-0.2, 0) is 5.41 Å². The lowest BCUT2D eigenvalue weighted by atomic mass is 9.82. The maximum Gasteiger partial charge on any atom is 0.0640 e. The van der Waals surface area contributed by atoms with E-state index in [2.05, 4.69) is 25.2 Å². The lowest BCUT2D eigenvalue weighted by Crippen LogP contribution is -2.22. The van der Waals surface area contributed by atoms with E-state index in [0.29, 0.717) is 0 Å². The minimum atomic E-state index is 0.264. The molecule has 0 saturated carbocycles. The minimum Gasteiger partial charge on any atom is -0.383 e. The number of fused-ring (bicyclic) bond motifs is 1. The summed E-state index contributed by atoms with van der Waals surface area (Å²) in [6.45, 7) is 5.50. The molecule has 1 atom stereocenters. The van der Waals surface area contributed by atoms with Gasteiger partial charge in [-0.2, -0.15) is 0 Å². The fourth-order valence-electron chi connectivity index (χ4n) is 1.90. The molecule has 0 spiro atoms. The molecule has 13 heavy (non-hydrogen) atoms. The molecule has 0 unspecified atom stereocenters. The van der Waals surface area contributed by atoms with Crippen LogP contribution in [0.25, 0.3) is 0 Å². The first-order valence-corrected chi connectivity index (χ1v) is 5.08. The summed E-state index contributed by atoms with van der Waals surface area (Å²) in [5.74, 6) is 0. The summed E-state index contributed by atoms with van der Waals surface area (Å²) in [7, 11) is 0. The van der Waals surface area contributed by atoms with Gasteiger partial charge in [-0.15, -0.1) is 0 Å². The number of hydrogen-bond donors (Lipinski definition) is 1. The zero-order valence-corrected chi connectivity index (χ0v) is 8.78. The second kappa shape index (κ2) is 2.91. The van der Waals surface area contributed by atoms with Crippen molar-refractivity contribution in [1.82, 2.24) is 0 Å². The summed E-state index contributed by atoms with van der Waals surface area (Å²) in [5, 5.41) is 4.22. The van der Waals surface area contributed by atoms with E-state index >= 15 is 0 Å². The number of nitrogens with one attached hydrogen (secondary N) is 1. The van der Waals surface area contributed by atoms with Crippen molar-refractivity contribution < 1.29 is 0 Å². The molecule has 0 amide bonds. The number of hydrogen-bond acceptors (Lipinski definition) is 1. The molecule has 1 N–H and O–H groups in total. The third-order valence-electron chi connectivity index (χ3n) is 3.10. The van der Waals surface area contributed by atoms with Crippen molar-refractivity contribution in [3.63, 3.8) is 0 Å². The monoisotopic (exact) mass is 195 g/mol.